The van der Waals surface area contributed by atoms with E-state index in [2.05, 4.69) is 10.6 Å². The van der Waals surface area contributed by atoms with Crippen molar-refractivity contribution in [2.45, 2.75) is 31.9 Å². The molecule has 1 atom stereocenters. The maximum absolute atomic E-state index is 12.0. The number of para-hydroxylation sites is 2. The molecule has 1 aliphatic carbocycles. The molecule has 3 amide bonds. The van der Waals surface area contributed by atoms with Crippen molar-refractivity contribution >= 4 is 11.9 Å². The first-order valence-corrected chi connectivity index (χ1v) is 8.35. The highest BCUT2D eigenvalue weighted by Gasteiger charge is 2.26. The average molecular weight is 333 g/mol. The minimum Gasteiger partial charge on any atom is -0.486 e. The van der Waals surface area contributed by atoms with Gasteiger partial charge in [0.25, 0.3) is 0 Å². The quantitative estimate of drug-likeness (QED) is 0.816. The number of ether oxygens (including phenoxy) is 2. The summed E-state index contributed by atoms with van der Waals surface area (Å²) in [5, 5.41) is 5.10. The number of rotatable bonds is 6. The van der Waals surface area contributed by atoms with E-state index >= 15 is 0 Å². The van der Waals surface area contributed by atoms with E-state index in [4.69, 9.17) is 9.47 Å². The second kappa shape index (κ2) is 7.53. The molecule has 0 radical (unpaired) electrons. The summed E-state index contributed by atoms with van der Waals surface area (Å²) in [4.78, 5) is 25.5. The van der Waals surface area contributed by atoms with Crippen LogP contribution in [0.4, 0.5) is 4.79 Å². The van der Waals surface area contributed by atoms with E-state index in [0.717, 1.165) is 24.3 Å². The number of hydrogen-bond donors (Lipinski definition) is 2. The van der Waals surface area contributed by atoms with Gasteiger partial charge in [-0.05, 0) is 31.5 Å². The van der Waals surface area contributed by atoms with E-state index in [9.17, 15) is 9.59 Å². The maximum Gasteiger partial charge on any atom is 0.321 e. The highest BCUT2D eigenvalue weighted by Crippen LogP contribution is 2.30. The Hall–Kier alpha value is -2.28. The van der Waals surface area contributed by atoms with Crippen molar-refractivity contribution in [1.29, 1.82) is 0 Å². The van der Waals surface area contributed by atoms with Gasteiger partial charge in [0.15, 0.2) is 11.5 Å². The lowest BCUT2D eigenvalue weighted by molar-refractivity contribution is -0.121. The Balaban J connectivity index is 1.46. The first kappa shape index (κ1) is 16.6. The lowest BCUT2D eigenvalue weighted by Crippen LogP contribution is -2.48. The van der Waals surface area contributed by atoms with Crippen molar-refractivity contribution in [1.82, 2.24) is 15.5 Å². The monoisotopic (exact) mass is 333 g/mol. The van der Waals surface area contributed by atoms with Crippen LogP contribution in [0.25, 0.3) is 0 Å². The summed E-state index contributed by atoms with van der Waals surface area (Å²) in [6, 6.07) is 7.35. The van der Waals surface area contributed by atoms with E-state index in [0.29, 0.717) is 19.7 Å². The third-order valence-corrected chi connectivity index (χ3v) is 4.01. The lowest BCUT2D eigenvalue weighted by atomic mass is 10.2. The maximum atomic E-state index is 12.0. The van der Waals surface area contributed by atoms with Gasteiger partial charge in [0.05, 0.1) is 6.54 Å². The van der Waals surface area contributed by atoms with Gasteiger partial charge in [-0.2, -0.15) is 0 Å². The molecule has 1 aliphatic heterocycles. The minimum absolute atomic E-state index is 0.145. The first-order chi connectivity index (χ1) is 11.6. The SMILES string of the molecule is CCN(CC(=O)NC(=O)NC1CC1)CC1COc2ccccc2O1. The Morgan fingerprint density at radius 3 is 2.71 bits per heavy atom. The Morgan fingerprint density at radius 2 is 2.00 bits per heavy atom. The van der Waals surface area contributed by atoms with Gasteiger partial charge in [-0.3, -0.25) is 15.0 Å². The summed E-state index contributed by atoms with van der Waals surface area (Å²) >= 11 is 0. The predicted molar refractivity (Wildman–Crippen MR) is 88.2 cm³/mol. The highest BCUT2D eigenvalue weighted by atomic mass is 16.6. The molecule has 7 heteroatoms. The fourth-order valence-corrected chi connectivity index (χ4v) is 2.56. The Labute approximate surface area is 141 Å². The summed E-state index contributed by atoms with van der Waals surface area (Å²) in [7, 11) is 0. The molecule has 0 spiro atoms. The number of nitrogens with zero attached hydrogens (tertiary/aromatic N) is 1. The molecule has 24 heavy (non-hydrogen) atoms. The molecule has 130 valence electrons. The van der Waals surface area contributed by atoms with Crippen molar-refractivity contribution < 1.29 is 19.1 Å². The number of likely N-dealkylation sites (N-methyl/N-ethyl adjacent to an activating group) is 1. The average Bonchev–Trinajstić information content (AvgIpc) is 3.37. The molecule has 0 bridgehead atoms. The number of amides is 3. The molecule has 2 N–H and O–H groups in total. The second-order valence-electron chi connectivity index (χ2n) is 6.12. The normalized spacial score (nSPS) is 19.0. The van der Waals surface area contributed by atoms with Crippen LogP contribution in [0.1, 0.15) is 19.8 Å². The molecular weight excluding hydrogens is 310 g/mol. The lowest BCUT2D eigenvalue weighted by Gasteiger charge is -2.30. The summed E-state index contributed by atoms with van der Waals surface area (Å²) < 4.78 is 11.6. The zero-order valence-corrected chi connectivity index (χ0v) is 13.8. The fourth-order valence-electron chi connectivity index (χ4n) is 2.56. The molecule has 3 rings (SSSR count). The standard InChI is InChI=1S/C17H23N3O4/c1-2-20(10-16(21)19-17(22)18-12-7-8-12)9-13-11-23-14-5-3-4-6-15(14)24-13/h3-6,12-13H,2,7-11H2,1H3,(H2,18,19,21,22). The topological polar surface area (TPSA) is 79.9 Å². The number of hydrogen-bond acceptors (Lipinski definition) is 5. The molecule has 1 aromatic rings. The second-order valence-corrected chi connectivity index (χ2v) is 6.12. The molecule has 1 aromatic carbocycles. The number of benzene rings is 1. The molecule has 0 saturated heterocycles. The minimum atomic E-state index is -0.412. The van der Waals surface area contributed by atoms with Crippen molar-refractivity contribution in [2.24, 2.45) is 0 Å². The number of urea groups is 1. The van der Waals surface area contributed by atoms with Gasteiger partial charge in [0.1, 0.15) is 12.7 Å². The summed E-state index contributed by atoms with van der Waals surface area (Å²) in [6.45, 7) is 3.80. The van der Waals surface area contributed by atoms with E-state index < -0.39 is 6.03 Å². The summed E-state index contributed by atoms with van der Waals surface area (Å²) in [6.07, 6.45) is 1.83. The Morgan fingerprint density at radius 1 is 1.25 bits per heavy atom. The zero-order valence-electron chi connectivity index (χ0n) is 13.8. The van der Waals surface area contributed by atoms with E-state index in [1.807, 2.05) is 36.1 Å². The molecule has 2 aliphatic rings. The summed E-state index contributed by atoms with van der Waals surface area (Å²) in [5.74, 6) is 1.15. The smallest absolute Gasteiger partial charge is 0.321 e. The molecular formula is C17H23N3O4. The number of carbonyl (C=O) groups excluding carboxylic acids is 2. The van der Waals surface area contributed by atoms with Crippen LogP contribution in [0.3, 0.4) is 0 Å². The van der Waals surface area contributed by atoms with Crippen LogP contribution in [-0.2, 0) is 4.79 Å². The molecule has 7 nitrogen and oxygen atoms in total. The molecule has 0 aromatic heterocycles. The van der Waals surface area contributed by atoms with E-state index in [1.54, 1.807) is 0 Å². The number of fused-ring (bicyclic) bond motifs is 1. The van der Waals surface area contributed by atoms with Gasteiger partial charge in [0.2, 0.25) is 5.91 Å². The molecule has 1 heterocycles. The predicted octanol–water partition coefficient (Wildman–Crippen LogP) is 1.14. The first-order valence-electron chi connectivity index (χ1n) is 8.35. The van der Waals surface area contributed by atoms with Crippen molar-refractivity contribution in [2.75, 3.05) is 26.2 Å². The molecule has 1 fully saturated rings. The van der Waals surface area contributed by atoms with Crippen molar-refractivity contribution in [3.63, 3.8) is 0 Å². The van der Waals surface area contributed by atoms with Crippen LogP contribution < -0.4 is 20.1 Å². The van der Waals surface area contributed by atoms with E-state index in [1.165, 1.54) is 0 Å². The third-order valence-electron chi connectivity index (χ3n) is 4.01. The number of nitrogens with one attached hydrogen (secondary N) is 2. The van der Waals surface area contributed by atoms with Gasteiger partial charge in [-0.15, -0.1) is 0 Å². The van der Waals surface area contributed by atoms with Crippen molar-refractivity contribution in [3.05, 3.63) is 24.3 Å². The van der Waals surface area contributed by atoms with Crippen LogP contribution in [0, 0.1) is 0 Å². The number of imide groups is 1. The van der Waals surface area contributed by atoms with Gasteiger partial charge < -0.3 is 14.8 Å². The zero-order chi connectivity index (χ0) is 16.9. The Kier molecular flexibility index (Phi) is 5.20. The largest absolute Gasteiger partial charge is 0.486 e. The highest BCUT2D eigenvalue weighted by molar-refractivity contribution is 5.95. The molecule has 1 saturated carbocycles. The van der Waals surface area contributed by atoms with Crippen molar-refractivity contribution in [3.8, 4) is 11.5 Å². The number of carbonyl (C=O) groups is 2. The van der Waals surface area contributed by atoms with Crippen LogP contribution in [0.15, 0.2) is 24.3 Å². The molecule has 1 unspecified atom stereocenters. The van der Waals surface area contributed by atoms with Gasteiger partial charge in [-0.1, -0.05) is 19.1 Å². The van der Waals surface area contributed by atoms with E-state index in [-0.39, 0.29) is 24.6 Å². The van der Waals surface area contributed by atoms with Crippen LogP contribution >= 0.6 is 0 Å². The third kappa shape index (κ3) is 4.61. The Bertz CT molecular complexity index is 603. The van der Waals surface area contributed by atoms with Gasteiger partial charge >= 0.3 is 6.03 Å². The summed E-state index contributed by atoms with van der Waals surface area (Å²) in [5.41, 5.74) is 0. The van der Waals surface area contributed by atoms with Crippen LogP contribution in [0.5, 0.6) is 11.5 Å². The fraction of sp³-hybridized carbons (Fsp3) is 0.529. The van der Waals surface area contributed by atoms with Crippen LogP contribution in [0.2, 0.25) is 0 Å². The van der Waals surface area contributed by atoms with Gasteiger partial charge in [0, 0.05) is 12.6 Å². The van der Waals surface area contributed by atoms with Crippen LogP contribution in [-0.4, -0.2) is 55.2 Å². The van der Waals surface area contributed by atoms with Gasteiger partial charge in [-0.25, -0.2) is 4.79 Å².